The third kappa shape index (κ3) is 4.18. The van der Waals surface area contributed by atoms with E-state index in [4.69, 9.17) is 5.73 Å². The summed E-state index contributed by atoms with van der Waals surface area (Å²) in [5.74, 6) is 1.49. The van der Waals surface area contributed by atoms with Crippen LogP contribution < -0.4 is 11.1 Å². The second kappa shape index (κ2) is 7.83. The maximum atomic E-state index is 5.98. The molecule has 5 nitrogen and oxygen atoms in total. The van der Waals surface area contributed by atoms with Crippen LogP contribution in [0.25, 0.3) is 11.0 Å². The third-order valence-corrected chi connectivity index (χ3v) is 4.30. The number of guanidine groups is 1. The molecule has 3 aromatic rings. The highest BCUT2D eigenvalue weighted by Crippen LogP contribution is 2.15. The smallest absolute Gasteiger partial charge is 0.193 e. The highest BCUT2D eigenvalue weighted by atomic mass is 15.1. The summed E-state index contributed by atoms with van der Waals surface area (Å²) in [6.07, 6.45) is 1.95. The fourth-order valence-corrected chi connectivity index (χ4v) is 2.92. The molecule has 0 aliphatic heterocycles. The Hall–Kier alpha value is -2.82. The number of aliphatic imine (C=N–C) groups is 1. The van der Waals surface area contributed by atoms with Gasteiger partial charge in [-0.3, -0.25) is 4.99 Å². The van der Waals surface area contributed by atoms with Gasteiger partial charge in [0.15, 0.2) is 5.96 Å². The van der Waals surface area contributed by atoms with Crippen molar-refractivity contribution in [2.45, 2.75) is 33.2 Å². The highest BCUT2D eigenvalue weighted by molar-refractivity contribution is 5.92. The monoisotopic (exact) mass is 335 g/mol. The molecular formula is C20H25N5. The zero-order chi connectivity index (χ0) is 17.6. The topological polar surface area (TPSA) is 68.2 Å². The van der Waals surface area contributed by atoms with Crippen molar-refractivity contribution in [1.82, 2.24) is 9.55 Å². The van der Waals surface area contributed by atoms with E-state index >= 15 is 0 Å². The molecule has 0 spiro atoms. The average molecular weight is 335 g/mol. The number of rotatable bonds is 6. The van der Waals surface area contributed by atoms with Crippen molar-refractivity contribution in [3.05, 3.63) is 59.9 Å². The van der Waals surface area contributed by atoms with Gasteiger partial charge >= 0.3 is 0 Å². The van der Waals surface area contributed by atoms with Gasteiger partial charge in [-0.15, -0.1) is 0 Å². The van der Waals surface area contributed by atoms with Crippen LogP contribution in [-0.2, 0) is 13.0 Å². The van der Waals surface area contributed by atoms with Gasteiger partial charge in [-0.25, -0.2) is 4.98 Å². The van der Waals surface area contributed by atoms with E-state index in [0.717, 1.165) is 36.4 Å². The van der Waals surface area contributed by atoms with Crippen LogP contribution in [0.1, 0.15) is 24.7 Å². The summed E-state index contributed by atoms with van der Waals surface area (Å²) in [5.41, 5.74) is 10.5. The second-order valence-electron chi connectivity index (χ2n) is 6.10. The Bertz CT molecular complexity index is 861. The van der Waals surface area contributed by atoms with Gasteiger partial charge < -0.3 is 15.6 Å². The first-order chi connectivity index (χ1) is 12.2. The van der Waals surface area contributed by atoms with Crippen LogP contribution in [0.4, 0.5) is 5.69 Å². The van der Waals surface area contributed by atoms with Crippen molar-refractivity contribution in [1.29, 1.82) is 0 Å². The number of hydrogen-bond acceptors (Lipinski definition) is 2. The summed E-state index contributed by atoms with van der Waals surface area (Å²) < 4.78 is 2.23. The molecule has 3 N–H and O–H groups in total. The number of hydrogen-bond donors (Lipinski definition) is 2. The summed E-state index contributed by atoms with van der Waals surface area (Å²) in [4.78, 5) is 9.01. The maximum Gasteiger partial charge on any atom is 0.193 e. The molecule has 0 aliphatic rings. The summed E-state index contributed by atoms with van der Waals surface area (Å²) in [6, 6.07) is 16.5. The number of aryl methyl sites for hydroxylation is 3. The van der Waals surface area contributed by atoms with Gasteiger partial charge in [0.25, 0.3) is 0 Å². The molecular weight excluding hydrogens is 310 g/mol. The van der Waals surface area contributed by atoms with Gasteiger partial charge in [-0.1, -0.05) is 31.2 Å². The number of fused-ring (bicyclic) bond motifs is 1. The molecule has 25 heavy (non-hydrogen) atoms. The molecule has 0 amide bonds. The van der Waals surface area contributed by atoms with E-state index in [1.54, 1.807) is 0 Å². The van der Waals surface area contributed by atoms with Crippen molar-refractivity contribution >= 4 is 22.7 Å². The van der Waals surface area contributed by atoms with Gasteiger partial charge in [-0.2, -0.15) is 0 Å². The third-order valence-electron chi connectivity index (χ3n) is 4.30. The predicted molar refractivity (Wildman–Crippen MR) is 105 cm³/mol. The second-order valence-corrected chi connectivity index (χ2v) is 6.10. The number of imidazole rings is 1. The number of aromatic nitrogens is 2. The summed E-state index contributed by atoms with van der Waals surface area (Å²) in [7, 11) is 0. The Balaban J connectivity index is 1.54. The van der Waals surface area contributed by atoms with Crippen LogP contribution in [0.15, 0.2) is 53.5 Å². The zero-order valence-corrected chi connectivity index (χ0v) is 14.9. The van der Waals surface area contributed by atoms with E-state index in [-0.39, 0.29) is 0 Å². The predicted octanol–water partition coefficient (Wildman–Crippen LogP) is 3.72. The van der Waals surface area contributed by atoms with Crippen LogP contribution in [0, 0.1) is 6.92 Å². The average Bonchev–Trinajstić information content (AvgIpc) is 2.95. The van der Waals surface area contributed by atoms with Crippen LogP contribution in [0.3, 0.4) is 0 Å². The summed E-state index contributed by atoms with van der Waals surface area (Å²) in [6.45, 7) is 5.74. The number of nitrogens with one attached hydrogen (secondary N) is 1. The molecule has 1 heterocycles. The van der Waals surface area contributed by atoms with Crippen LogP contribution in [-0.4, -0.2) is 22.1 Å². The first-order valence-electron chi connectivity index (χ1n) is 8.75. The Kier molecular flexibility index (Phi) is 5.33. The van der Waals surface area contributed by atoms with Gasteiger partial charge in [0.2, 0.25) is 0 Å². The van der Waals surface area contributed by atoms with Crippen molar-refractivity contribution in [2.24, 2.45) is 10.7 Å². The molecule has 130 valence electrons. The molecule has 0 saturated carbocycles. The Labute approximate surface area is 148 Å². The lowest BCUT2D eigenvalue weighted by Crippen LogP contribution is -2.23. The Morgan fingerprint density at radius 3 is 2.68 bits per heavy atom. The molecule has 0 unspecified atom stereocenters. The van der Waals surface area contributed by atoms with E-state index in [0.29, 0.717) is 12.5 Å². The number of nitrogens with zero attached hydrogens (tertiary/aromatic N) is 3. The van der Waals surface area contributed by atoms with Gasteiger partial charge in [0, 0.05) is 18.8 Å². The fraction of sp³-hybridized carbons (Fsp3) is 0.300. The Morgan fingerprint density at radius 2 is 1.92 bits per heavy atom. The van der Waals surface area contributed by atoms with E-state index in [1.165, 1.54) is 11.1 Å². The number of nitrogens with two attached hydrogens (primary N) is 1. The normalized spacial score (nSPS) is 11.8. The maximum absolute atomic E-state index is 5.98. The fourth-order valence-electron chi connectivity index (χ4n) is 2.92. The standard InChI is InChI=1S/C20H25N5/c1-3-16-9-11-17(12-10-16)24-20(21)22-13-6-14-25-15(2)23-18-7-4-5-8-19(18)25/h4-5,7-12H,3,6,13-14H2,1-2H3,(H3,21,22,24). The molecule has 0 aliphatic carbocycles. The summed E-state index contributed by atoms with van der Waals surface area (Å²) >= 11 is 0. The number of benzene rings is 2. The first-order valence-corrected chi connectivity index (χ1v) is 8.75. The minimum atomic E-state index is 0.455. The molecule has 1 aromatic heterocycles. The lowest BCUT2D eigenvalue weighted by atomic mass is 10.1. The van der Waals surface area contributed by atoms with Crippen molar-refractivity contribution < 1.29 is 0 Å². The minimum absolute atomic E-state index is 0.455. The molecule has 0 atom stereocenters. The van der Waals surface area contributed by atoms with E-state index in [1.807, 2.05) is 37.3 Å². The lowest BCUT2D eigenvalue weighted by Gasteiger charge is -2.08. The van der Waals surface area contributed by atoms with Crippen molar-refractivity contribution in [3.8, 4) is 0 Å². The van der Waals surface area contributed by atoms with Gasteiger partial charge in [-0.05, 0) is 49.6 Å². The summed E-state index contributed by atoms with van der Waals surface area (Å²) in [5, 5.41) is 3.14. The van der Waals surface area contributed by atoms with Gasteiger partial charge in [0.1, 0.15) is 5.82 Å². The Morgan fingerprint density at radius 1 is 1.16 bits per heavy atom. The van der Waals surface area contributed by atoms with Crippen LogP contribution in [0.2, 0.25) is 0 Å². The van der Waals surface area contributed by atoms with Crippen LogP contribution in [0.5, 0.6) is 0 Å². The molecule has 0 saturated heterocycles. The SMILES string of the molecule is CCc1ccc(NC(N)=NCCCn2c(C)nc3ccccc32)cc1. The van der Waals surface area contributed by atoms with E-state index in [2.05, 4.69) is 45.0 Å². The van der Waals surface area contributed by atoms with Crippen LogP contribution >= 0.6 is 0 Å². The van der Waals surface area contributed by atoms with Crippen molar-refractivity contribution in [3.63, 3.8) is 0 Å². The molecule has 0 bridgehead atoms. The van der Waals surface area contributed by atoms with Gasteiger partial charge in [0.05, 0.1) is 11.0 Å². The van der Waals surface area contributed by atoms with E-state index < -0.39 is 0 Å². The molecule has 0 fully saturated rings. The largest absolute Gasteiger partial charge is 0.370 e. The minimum Gasteiger partial charge on any atom is -0.370 e. The van der Waals surface area contributed by atoms with Crippen molar-refractivity contribution in [2.75, 3.05) is 11.9 Å². The molecule has 5 heteroatoms. The zero-order valence-electron chi connectivity index (χ0n) is 14.9. The molecule has 0 radical (unpaired) electrons. The molecule has 2 aromatic carbocycles. The number of anilines is 1. The lowest BCUT2D eigenvalue weighted by molar-refractivity contribution is 0.649. The first kappa shape index (κ1) is 17.0. The van der Waals surface area contributed by atoms with E-state index in [9.17, 15) is 0 Å². The highest BCUT2D eigenvalue weighted by Gasteiger charge is 2.05. The number of para-hydroxylation sites is 2. The molecule has 3 rings (SSSR count). The quantitative estimate of drug-likeness (QED) is 0.410.